The van der Waals surface area contributed by atoms with Crippen molar-refractivity contribution in [3.8, 4) is 5.75 Å². The lowest BCUT2D eigenvalue weighted by Gasteiger charge is -2.11. The van der Waals surface area contributed by atoms with Gasteiger partial charge in [-0.05, 0) is 48.7 Å². The van der Waals surface area contributed by atoms with Gasteiger partial charge in [-0.3, -0.25) is 4.98 Å². The Bertz CT molecular complexity index is 547. The first-order chi connectivity index (χ1) is 9.66. The summed E-state index contributed by atoms with van der Waals surface area (Å²) in [5.74, 6) is 0.198. The highest BCUT2D eigenvalue weighted by molar-refractivity contribution is 5.48. The Kier molecular flexibility index (Phi) is 4.87. The van der Waals surface area contributed by atoms with E-state index in [1.807, 2.05) is 12.1 Å². The number of halogens is 2. The molecule has 0 amide bonds. The van der Waals surface area contributed by atoms with Crippen molar-refractivity contribution >= 4 is 5.69 Å². The van der Waals surface area contributed by atoms with Crippen LogP contribution in [0.4, 0.5) is 14.5 Å². The van der Waals surface area contributed by atoms with Gasteiger partial charge in [-0.2, -0.15) is 0 Å². The van der Waals surface area contributed by atoms with Crippen molar-refractivity contribution in [1.29, 1.82) is 0 Å². The van der Waals surface area contributed by atoms with E-state index in [1.165, 1.54) is 12.1 Å². The zero-order chi connectivity index (χ0) is 14.4. The third kappa shape index (κ3) is 3.91. The summed E-state index contributed by atoms with van der Waals surface area (Å²) in [6.07, 6.45) is 2.43. The Hall–Kier alpha value is -2.17. The smallest absolute Gasteiger partial charge is 0.267 e. The molecule has 1 aromatic carbocycles. The van der Waals surface area contributed by atoms with E-state index in [1.54, 1.807) is 18.5 Å². The van der Waals surface area contributed by atoms with Crippen LogP contribution in [-0.4, -0.2) is 11.6 Å². The second-order valence-electron chi connectivity index (χ2n) is 4.41. The van der Waals surface area contributed by atoms with E-state index < -0.39 is 6.43 Å². The molecule has 0 aliphatic rings. The maximum Gasteiger partial charge on any atom is 0.267 e. The fourth-order valence-corrected chi connectivity index (χ4v) is 1.88. The lowest BCUT2D eigenvalue weighted by atomic mass is 10.1. The molecule has 0 aliphatic heterocycles. The molecule has 0 saturated heterocycles. The number of benzene rings is 1. The SMILES string of the molecule is Nc1ccc(OCCCc2ccncc2)c(C(F)F)c1. The molecule has 20 heavy (non-hydrogen) atoms. The van der Waals surface area contributed by atoms with Crippen molar-refractivity contribution in [3.63, 3.8) is 0 Å². The van der Waals surface area contributed by atoms with Crippen LogP contribution in [0.2, 0.25) is 0 Å². The number of alkyl halides is 2. The first-order valence-electron chi connectivity index (χ1n) is 6.36. The molecule has 0 radical (unpaired) electrons. The van der Waals surface area contributed by atoms with Gasteiger partial charge in [0, 0.05) is 18.1 Å². The number of nitrogens with two attached hydrogens (primary N) is 1. The van der Waals surface area contributed by atoms with E-state index in [0.29, 0.717) is 12.3 Å². The highest BCUT2D eigenvalue weighted by Crippen LogP contribution is 2.30. The van der Waals surface area contributed by atoms with Crippen molar-refractivity contribution < 1.29 is 13.5 Å². The van der Waals surface area contributed by atoms with E-state index >= 15 is 0 Å². The first-order valence-corrected chi connectivity index (χ1v) is 6.36. The number of hydrogen-bond donors (Lipinski definition) is 1. The van der Waals surface area contributed by atoms with Crippen molar-refractivity contribution in [1.82, 2.24) is 4.98 Å². The molecule has 0 bridgehead atoms. The van der Waals surface area contributed by atoms with Gasteiger partial charge in [-0.1, -0.05) is 0 Å². The third-order valence-corrected chi connectivity index (χ3v) is 2.89. The molecule has 2 aromatic rings. The summed E-state index contributed by atoms with van der Waals surface area (Å²) in [5, 5.41) is 0. The highest BCUT2D eigenvalue weighted by Gasteiger charge is 2.14. The van der Waals surface area contributed by atoms with Gasteiger partial charge in [-0.15, -0.1) is 0 Å². The number of rotatable bonds is 6. The molecule has 2 N–H and O–H groups in total. The average Bonchev–Trinajstić information content (AvgIpc) is 2.45. The van der Waals surface area contributed by atoms with Crippen molar-refractivity contribution in [3.05, 3.63) is 53.9 Å². The molecule has 0 atom stereocenters. The van der Waals surface area contributed by atoms with Gasteiger partial charge in [0.25, 0.3) is 6.43 Å². The lowest BCUT2D eigenvalue weighted by molar-refractivity contribution is 0.145. The van der Waals surface area contributed by atoms with Crippen molar-refractivity contribution in [2.45, 2.75) is 19.3 Å². The first kappa shape index (κ1) is 14.2. The number of aryl methyl sites for hydroxylation is 1. The molecule has 106 valence electrons. The summed E-state index contributed by atoms with van der Waals surface area (Å²) >= 11 is 0. The van der Waals surface area contributed by atoms with Crippen LogP contribution >= 0.6 is 0 Å². The summed E-state index contributed by atoms with van der Waals surface area (Å²) < 4.78 is 31.1. The molecule has 5 heteroatoms. The topological polar surface area (TPSA) is 48.1 Å². The normalized spacial score (nSPS) is 10.8. The molecule has 0 unspecified atom stereocenters. The van der Waals surface area contributed by atoms with Gasteiger partial charge in [-0.25, -0.2) is 8.78 Å². The van der Waals surface area contributed by atoms with Gasteiger partial charge in [0.15, 0.2) is 0 Å². The summed E-state index contributed by atoms with van der Waals surface area (Å²) in [7, 11) is 0. The minimum Gasteiger partial charge on any atom is -0.493 e. The summed E-state index contributed by atoms with van der Waals surface area (Å²) in [6.45, 7) is 0.381. The second-order valence-corrected chi connectivity index (χ2v) is 4.41. The maximum atomic E-state index is 12.8. The molecule has 1 aromatic heterocycles. The highest BCUT2D eigenvalue weighted by atomic mass is 19.3. The largest absolute Gasteiger partial charge is 0.493 e. The van der Waals surface area contributed by atoms with E-state index in [2.05, 4.69) is 4.98 Å². The average molecular weight is 278 g/mol. The number of hydrogen-bond acceptors (Lipinski definition) is 3. The fraction of sp³-hybridized carbons (Fsp3) is 0.267. The molecule has 0 saturated carbocycles. The summed E-state index contributed by atoms with van der Waals surface area (Å²) in [4.78, 5) is 3.93. The number of nitrogen functional groups attached to an aromatic ring is 1. The van der Waals surface area contributed by atoms with E-state index in [9.17, 15) is 8.78 Å². The molecule has 0 aliphatic carbocycles. The van der Waals surface area contributed by atoms with Crippen molar-refractivity contribution in [2.24, 2.45) is 0 Å². The van der Waals surface area contributed by atoms with Gasteiger partial charge in [0.1, 0.15) is 5.75 Å². The number of ether oxygens (including phenoxy) is 1. The predicted molar refractivity (Wildman–Crippen MR) is 73.9 cm³/mol. The number of nitrogens with zero attached hydrogens (tertiary/aromatic N) is 1. The molecule has 0 fully saturated rings. The van der Waals surface area contributed by atoms with Crippen LogP contribution in [0, 0.1) is 0 Å². The zero-order valence-corrected chi connectivity index (χ0v) is 10.9. The molecule has 0 spiro atoms. The van der Waals surface area contributed by atoms with Crippen molar-refractivity contribution in [2.75, 3.05) is 12.3 Å². The number of aromatic nitrogens is 1. The quantitative estimate of drug-likeness (QED) is 0.648. The van der Waals surface area contributed by atoms with Crippen LogP contribution in [0.25, 0.3) is 0 Å². The van der Waals surface area contributed by atoms with E-state index in [0.717, 1.165) is 18.4 Å². The number of anilines is 1. The standard InChI is InChI=1S/C15H16F2N2O/c16-15(17)13-10-12(18)3-4-14(13)20-9-1-2-11-5-7-19-8-6-11/h3-8,10,15H,1-2,9,18H2. The monoisotopic (exact) mass is 278 g/mol. The third-order valence-electron chi connectivity index (χ3n) is 2.89. The van der Waals surface area contributed by atoms with E-state index in [-0.39, 0.29) is 11.3 Å². The minimum absolute atomic E-state index is 0.158. The van der Waals surface area contributed by atoms with Crippen LogP contribution in [0.1, 0.15) is 24.0 Å². The van der Waals surface area contributed by atoms with Crippen LogP contribution in [0.15, 0.2) is 42.7 Å². The van der Waals surface area contributed by atoms with Gasteiger partial charge >= 0.3 is 0 Å². The predicted octanol–water partition coefficient (Wildman–Crippen LogP) is 3.61. The maximum absolute atomic E-state index is 12.8. The molecule has 1 heterocycles. The lowest BCUT2D eigenvalue weighted by Crippen LogP contribution is -2.03. The Labute approximate surface area is 116 Å². The second kappa shape index (κ2) is 6.84. The van der Waals surface area contributed by atoms with Crippen LogP contribution < -0.4 is 10.5 Å². The zero-order valence-electron chi connectivity index (χ0n) is 10.9. The Morgan fingerprint density at radius 1 is 1.15 bits per heavy atom. The Morgan fingerprint density at radius 3 is 2.60 bits per heavy atom. The fourth-order valence-electron chi connectivity index (χ4n) is 1.88. The minimum atomic E-state index is -2.59. The summed E-state index contributed by atoms with van der Waals surface area (Å²) in [5.41, 5.74) is 6.80. The Balaban J connectivity index is 1.88. The van der Waals surface area contributed by atoms with Gasteiger partial charge < -0.3 is 10.5 Å². The van der Waals surface area contributed by atoms with E-state index in [4.69, 9.17) is 10.5 Å². The molecular formula is C15H16F2N2O. The molecular weight excluding hydrogens is 262 g/mol. The number of pyridine rings is 1. The van der Waals surface area contributed by atoms with Crippen LogP contribution in [0.3, 0.4) is 0 Å². The molecule has 3 nitrogen and oxygen atoms in total. The van der Waals surface area contributed by atoms with Crippen LogP contribution in [0.5, 0.6) is 5.75 Å². The van der Waals surface area contributed by atoms with Gasteiger partial charge in [0.2, 0.25) is 0 Å². The molecule has 2 rings (SSSR count). The summed E-state index contributed by atoms with van der Waals surface area (Å²) in [6, 6.07) is 8.15. The Morgan fingerprint density at radius 2 is 1.90 bits per heavy atom. The van der Waals surface area contributed by atoms with Crippen LogP contribution in [-0.2, 0) is 6.42 Å². The van der Waals surface area contributed by atoms with Gasteiger partial charge in [0.05, 0.1) is 12.2 Å².